The lowest BCUT2D eigenvalue weighted by Crippen LogP contribution is -2.43. The molecule has 1 saturated heterocycles. The lowest BCUT2D eigenvalue weighted by atomic mass is 10.1. The maximum atomic E-state index is 4.08. The number of tetrazole rings is 1. The number of hydrogen-bond donors (Lipinski definition) is 1. The van der Waals surface area contributed by atoms with Crippen LogP contribution in [0.1, 0.15) is 25.6 Å². The topological polar surface area (TPSA) is 55.6 Å². The number of hydrogen-bond acceptors (Lipinski definition) is 5. The van der Waals surface area contributed by atoms with Crippen molar-refractivity contribution in [1.29, 1.82) is 0 Å². The minimum atomic E-state index is 0.852. The molecule has 0 aliphatic carbocycles. The molecule has 1 N–H and O–H groups in total. The third kappa shape index (κ3) is 3.18. The van der Waals surface area contributed by atoms with Crippen molar-refractivity contribution in [1.82, 2.24) is 25.5 Å². The maximum absolute atomic E-state index is 4.08. The molecule has 0 saturated carbocycles. The van der Waals surface area contributed by atoms with E-state index in [1.807, 2.05) is 16.4 Å². The van der Waals surface area contributed by atoms with E-state index in [4.69, 9.17) is 0 Å². The van der Waals surface area contributed by atoms with E-state index in [1.54, 1.807) is 0 Å². The Kier molecular flexibility index (Phi) is 4.59. The fourth-order valence-corrected chi connectivity index (χ4v) is 2.67. The molecule has 1 fully saturated rings. The Morgan fingerprint density at radius 3 is 3.06 bits per heavy atom. The Labute approximate surface area is 100 Å². The van der Waals surface area contributed by atoms with E-state index in [-0.39, 0.29) is 0 Å². The Morgan fingerprint density at radius 1 is 1.50 bits per heavy atom. The third-order valence-electron chi connectivity index (χ3n) is 2.78. The van der Waals surface area contributed by atoms with E-state index in [1.165, 1.54) is 25.3 Å². The summed E-state index contributed by atoms with van der Waals surface area (Å²) >= 11 is 1.94. The van der Waals surface area contributed by atoms with Crippen LogP contribution >= 0.6 is 11.8 Å². The summed E-state index contributed by atoms with van der Waals surface area (Å²) in [6, 6.07) is 0. The highest BCUT2D eigenvalue weighted by molar-refractivity contribution is 7.98. The molecule has 0 spiro atoms. The predicted octanol–water partition coefficient (Wildman–Crippen LogP) is 0.926. The van der Waals surface area contributed by atoms with Crippen LogP contribution in [0.3, 0.4) is 0 Å². The highest BCUT2D eigenvalue weighted by Gasteiger charge is 2.16. The SMILES string of the molecule is CCCCn1nnnc1CSCC1CNC1. The molecule has 1 aromatic rings. The largest absolute Gasteiger partial charge is 0.316 e. The molecule has 0 aromatic carbocycles. The van der Waals surface area contributed by atoms with Crippen molar-refractivity contribution in [2.24, 2.45) is 5.92 Å². The highest BCUT2D eigenvalue weighted by atomic mass is 32.2. The van der Waals surface area contributed by atoms with Gasteiger partial charge in [0.1, 0.15) is 0 Å². The van der Waals surface area contributed by atoms with Gasteiger partial charge in [-0.3, -0.25) is 0 Å². The zero-order chi connectivity index (χ0) is 11.2. The summed E-state index contributed by atoms with van der Waals surface area (Å²) in [5.41, 5.74) is 0. The van der Waals surface area contributed by atoms with Gasteiger partial charge in [0.05, 0.1) is 5.75 Å². The van der Waals surface area contributed by atoms with E-state index in [9.17, 15) is 0 Å². The normalized spacial score (nSPS) is 16.3. The van der Waals surface area contributed by atoms with Crippen molar-refractivity contribution in [2.45, 2.75) is 32.1 Å². The molecule has 5 nitrogen and oxygen atoms in total. The quantitative estimate of drug-likeness (QED) is 0.769. The van der Waals surface area contributed by atoms with Gasteiger partial charge in [-0.15, -0.1) is 5.10 Å². The molecule has 0 unspecified atom stereocenters. The van der Waals surface area contributed by atoms with Crippen LogP contribution in [0, 0.1) is 5.92 Å². The summed E-state index contributed by atoms with van der Waals surface area (Å²) in [6.07, 6.45) is 2.33. The van der Waals surface area contributed by atoms with Gasteiger partial charge in [-0.25, -0.2) is 4.68 Å². The lowest BCUT2D eigenvalue weighted by molar-refractivity contribution is 0.385. The lowest BCUT2D eigenvalue weighted by Gasteiger charge is -2.26. The Hall–Kier alpha value is -0.620. The second-order valence-electron chi connectivity index (χ2n) is 4.21. The van der Waals surface area contributed by atoms with Gasteiger partial charge in [0.25, 0.3) is 0 Å². The minimum absolute atomic E-state index is 0.852. The van der Waals surface area contributed by atoms with Crippen LogP contribution in [0.2, 0.25) is 0 Å². The number of thioether (sulfide) groups is 1. The van der Waals surface area contributed by atoms with Crippen LogP contribution in [0.25, 0.3) is 0 Å². The number of nitrogens with one attached hydrogen (secondary N) is 1. The second kappa shape index (κ2) is 6.20. The van der Waals surface area contributed by atoms with Crippen LogP contribution in [-0.4, -0.2) is 39.0 Å². The zero-order valence-electron chi connectivity index (χ0n) is 9.72. The van der Waals surface area contributed by atoms with Crippen molar-refractivity contribution >= 4 is 11.8 Å². The van der Waals surface area contributed by atoms with Gasteiger partial charge in [0.15, 0.2) is 5.82 Å². The first-order valence-corrected chi connectivity index (χ1v) is 7.09. The Bertz CT molecular complexity index is 310. The van der Waals surface area contributed by atoms with Crippen LogP contribution < -0.4 is 5.32 Å². The van der Waals surface area contributed by atoms with E-state index >= 15 is 0 Å². The summed E-state index contributed by atoms with van der Waals surface area (Å²) < 4.78 is 1.94. The monoisotopic (exact) mass is 241 g/mol. The summed E-state index contributed by atoms with van der Waals surface area (Å²) in [4.78, 5) is 0. The van der Waals surface area contributed by atoms with Gasteiger partial charge in [-0.2, -0.15) is 11.8 Å². The molecule has 90 valence electrons. The summed E-state index contributed by atoms with van der Waals surface area (Å²) in [5, 5.41) is 15.1. The van der Waals surface area contributed by atoms with Gasteiger partial charge in [0, 0.05) is 6.54 Å². The van der Waals surface area contributed by atoms with Gasteiger partial charge in [0.2, 0.25) is 0 Å². The van der Waals surface area contributed by atoms with Crippen LogP contribution in [0.4, 0.5) is 0 Å². The zero-order valence-corrected chi connectivity index (χ0v) is 10.5. The van der Waals surface area contributed by atoms with Crippen molar-refractivity contribution in [3.05, 3.63) is 5.82 Å². The summed E-state index contributed by atoms with van der Waals surface area (Å²) in [7, 11) is 0. The molecule has 0 bridgehead atoms. The standard InChI is InChI=1S/C10H19N5S/c1-2-3-4-15-10(12-13-14-15)8-16-7-9-5-11-6-9/h9,11H,2-8H2,1H3. The Morgan fingerprint density at radius 2 is 2.38 bits per heavy atom. The van der Waals surface area contributed by atoms with E-state index in [0.29, 0.717) is 0 Å². The molecule has 2 heterocycles. The summed E-state index contributed by atoms with van der Waals surface area (Å²) in [5.74, 6) is 4.02. The molecule has 1 aliphatic heterocycles. The van der Waals surface area contributed by atoms with Gasteiger partial charge in [-0.1, -0.05) is 13.3 Å². The Balaban J connectivity index is 1.72. The number of rotatable bonds is 7. The summed E-state index contributed by atoms with van der Waals surface area (Å²) in [6.45, 7) is 5.48. The molecule has 16 heavy (non-hydrogen) atoms. The van der Waals surface area contributed by atoms with Crippen molar-refractivity contribution in [3.63, 3.8) is 0 Å². The fourth-order valence-electron chi connectivity index (χ4n) is 1.59. The average Bonchev–Trinajstić information content (AvgIpc) is 2.66. The van der Waals surface area contributed by atoms with Gasteiger partial charge in [-0.05, 0) is 41.6 Å². The average molecular weight is 241 g/mol. The molecule has 0 atom stereocenters. The van der Waals surface area contributed by atoms with Crippen molar-refractivity contribution in [2.75, 3.05) is 18.8 Å². The third-order valence-corrected chi connectivity index (χ3v) is 3.95. The first-order chi connectivity index (χ1) is 7.90. The first-order valence-electron chi connectivity index (χ1n) is 5.93. The van der Waals surface area contributed by atoms with Crippen LogP contribution in [-0.2, 0) is 12.3 Å². The van der Waals surface area contributed by atoms with E-state index in [0.717, 1.165) is 30.5 Å². The smallest absolute Gasteiger partial charge is 0.161 e. The van der Waals surface area contributed by atoms with Gasteiger partial charge < -0.3 is 5.32 Å². The van der Waals surface area contributed by atoms with Crippen LogP contribution in [0.5, 0.6) is 0 Å². The van der Waals surface area contributed by atoms with E-state index < -0.39 is 0 Å². The van der Waals surface area contributed by atoms with Gasteiger partial charge >= 0.3 is 0 Å². The van der Waals surface area contributed by atoms with Crippen molar-refractivity contribution < 1.29 is 0 Å². The fraction of sp³-hybridized carbons (Fsp3) is 0.900. The predicted molar refractivity (Wildman–Crippen MR) is 65.2 cm³/mol. The maximum Gasteiger partial charge on any atom is 0.161 e. The highest BCUT2D eigenvalue weighted by Crippen LogP contribution is 2.16. The molecule has 1 aliphatic rings. The molecular formula is C10H19N5S. The molecule has 0 amide bonds. The van der Waals surface area contributed by atoms with Crippen molar-refractivity contribution in [3.8, 4) is 0 Å². The molecule has 0 radical (unpaired) electrons. The van der Waals surface area contributed by atoms with E-state index in [2.05, 4.69) is 27.8 Å². The number of aryl methyl sites for hydroxylation is 1. The number of aromatic nitrogens is 4. The first kappa shape index (κ1) is 11.9. The molecule has 1 aromatic heterocycles. The second-order valence-corrected chi connectivity index (χ2v) is 5.24. The number of nitrogens with zero attached hydrogens (tertiary/aromatic N) is 4. The number of unbranched alkanes of at least 4 members (excludes halogenated alkanes) is 1. The molecule has 6 heteroatoms. The van der Waals surface area contributed by atoms with Crippen LogP contribution in [0.15, 0.2) is 0 Å². The minimum Gasteiger partial charge on any atom is -0.316 e. The molecule has 2 rings (SSSR count). The molecular weight excluding hydrogens is 222 g/mol.